The van der Waals surface area contributed by atoms with Crippen LogP contribution in [-0.2, 0) is 19.8 Å². The van der Waals surface area contributed by atoms with Gasteiger partial charge in [0.1, 0.15) is 11.6 Å². The molecule has 0 saturated heterocycles. The number of hydrogen-bond acceptors (Lipinski definition) is 7. The lowest BCUT2D eigenvalue weighted by Crippen LogP contribution is -2.08. The molecule has 3 N–H and O–H groups in total. The summed E-state index contributed by atoms with van der Waals surface area (Å²) in [5.74, 6) is -0.331. The predicted molar refractivity (Wildman–Crippen MR) is 131 cm³/mol. The lowest BCUT2D eigenvalue weighted by Gasteiger charge is -2.22. The van der Waals surface area contributed by atoms with Gasteiger partial charge in [0.2, 0.25) is 0 Å². The summed E-state index contributed by atoms with van der Waals surface area (Å²) in [4.78, 5) is 13.8. The zero-order valence-corrected chi connectivity index (χ0v) is 20.2. The number of rotatable bonds is 8. The summed E-state index contributed by atoms with van der Waals surface area (Å²) in [6.45, 7) is -1.13. The minimum Gasteiger partial charge on any atom is -0.496 e. The minimum atomic E-state index is -0.671. The van der Waals surface area contributed by atoms with Crippen LogP contribution in [0.3, 0.4) is 0 Å². The average molecular weight is 495 g/mol. The highest BCUT2D eigenvalue weighted by Gasteiger charge is 2.40. The highest BCUT2D eigenvalue weighted by molar-refractivity contribution is 6.18. The van der Waals surface area contributed by atoms with Gasteiger partial charge in [-0.2, -0.15) is 0 Å². The van der Waals surface area contributed by atoms with Crippen molar-refractivity contribution in [1.82, 2.24) is 0 Å². The van der Waals surface area contributed by atoms with Crippen LogP contribution in [0.1, 0.15) is 49.7 Å². The van der Waals surface area contributed by atoms with E-state index in [1.54, 1.807) is 36.4 Å². The fourth-order valence-corrected chi connectivity index (χ4v) is 4.82. The molecule has 188 valence electrons. The Labute approximate surface area is 208 Å². The standard InChI is InChI=1S/C28H27FO7/c1-34-23-11-16(9-18(13-31)27(23)35-2)24-20(8-15-4-6-19(29)7-5-15)26(33)21-10-17(12-30)22(14-32)28(36-3)25(21)24/h4-11,24,30-32H,12-14H2,1-3H3. The summed E-state index contributed by atoms with van der Waals surface area (Å²) < 4.78 is 30.2. The number of allylic oxidation sites excluding steroid dienone is 1. The summed E-state index contributed by atoms with van der Waals surface area (Å²) in [6.07, 6.45) is 1.68. The third-order valence-electron chi connectivity index (χ3n) is 6.43. The first-order valence-electron chi connectivity index (χ1n) is 11.2. The van der Waals surface area contributed by atoms with Crippen molar-refractivity contribution >= 4 is 11.9 Å². The van der Waals surface area contributed by atoms with Crippen molar-refractivity contribution in [2.24, 2.45) is 0 Å². The van der Waals surface area contributed by atoms with Crippen LogP contribution in [0.4, 0.5) is 4.39 Å². The monoisotopic (exact) mass is 494 g/mol. The second-order valence-corrected chi connectivity index (χ2v) is 8.31. The maximum absolute atomic E-state index is 13.8. The Bertz CT molecular complexity index is 1300. The lowest BCUT2D eigenvalue weighted by molar-refractivity contribution is 0.103. The van der Waals surface area contributed by atoms with Gasteiger partial charge in [0.25, 0.3) is 0 Å². The molecule has 0 bridgehead atoms. The van der Waals surface area contributed by atoms with Gasteiger partial charge in [-0.25, -0.2) is 4.39 Å². The molecule has 4 rings (SSSR count). The molecular formula is C28H27FO7. The molecule has 0 fully saturated rings. The first-order valence-corrected chi connectivity index (χ1v) is 11.2. The number of halogens is 1. The van der Waals surface area contributed by atoms with E-state index in [4.69, 9.17) is 14.2 Å². The highest BCUT2D eigenvalue weighted by Crippen LogP contribution is 2.51. The van der Waals surface area contributed by atoms with E-state index in [2.05, 4.69) is 0 Å². The van der Waals surface area contributed by atoms with Crippen molar-refractivity contribution in [2.45, 2.75) is 25.7 Å². The van der Waals surface area contributed by atoms with Crippen molar-refractivity contribution in [2.75, 3.05) is 21.3 Å². The summed E-state index contributed by atoms with van der Waals surface area (Å²) in [5.41, 5.74) is 3.68. The van der Waals surface area contributed by atoms with E-state index >= 15 is 0 Å². The number of benzene rings is 3. The summed E-state index contributed by atoms with van der Waals surface area (Å²) in [7, 11) is 4.38. The van der Waals surface area contributed by atoms with Crippen LogP contribution in [0.2, 0.25) is 0 Å². The summed E-state index contributed by atoms with van der Waals surface area (Å²) in [5, 5.41) is 30.0. The maximum atomic E-state index is 13.8. The van der Waals surface area contributed by atoms with Crippen molar-refractivity contribution < 1.29 is 38.7 Å². The topological polar surface area (TPSA) is 105 Å². The van der Waals surface area contributed by atoms with Gasteiger partial charge in [0.05, 0.1) is 41.2 Å². The molecule has 1 atom stereocenters. The molecule has 1 aliphatic rings. The van der Waals surface area contributed by atoms with Gasteiger partial charge >= 0.3 is 0 Å². The molecule has 1 unspecified atom stereocenters. The number of ether oxygens (including phenoxy) is 3. The largest absolute Gasteiger partial charge is 0.496 e. The van der Waals surface area contributed by atoms with E-state index < -0.39 is 18.3 Å². The summed E-state index contributed by atoms with van der Waals surface area (Å²) in [6, 6.07) is 10.8. The second-order valence-electron chi connectivity index (χ2n) is 8.31. The van der Waals surface area contributed by atoms with E-state index in [0.717, 1.165) is 0 Å². The lowest BCUT2D eigenvalue weighted by atomic mass is 9.85. The first-order chi connectivity index (χ1) is 17.4. The second kappa shape index (κ2) is 10.5. The number of hydrogen-bond donors (Lipinski definition) is 3. The Balaban J connectivity index is 2.06. The van der Waals surface area contributed by atoms with E-state index in [1.807, 2.05) is 0 Å². The molecule has 0 aromatic heterocycles. The third kappa shape index (κ3) is 4.24. The van der Waals surface area contributed by atoms with E-state index in [9.17, 15) is 24.5 Å². The molecule has 0 aliphatic heterocycles. The van der Waals surface area contributed by atoms with Crippen LogP contribution in [-0.4, -0.2) is 42.4 Å². The van der Waals surface area contributed by atoms with Gasteiger partial charge < -0.3 is 29.5 Å². The Morgan fingerprint density at radius 2 is 1.53 bits per heavy atom. The number of carbonyl (C=O) groups excluding carboxylic acids is 1. The van der Waals surface area contributed by atoms with Crippen molar-refractivity contribution in [3.8, 4) is 17.2 Å². The van der Waals surface area contributed by atoms with Crippen LogP contribution < -0.4 is 14.2 Å². The average Bonchev–Trinajstić information content (AvgIpc) is 3.18. The van der Waals surface area contributed by atoms with Crippen LogP contribution >= 0.6 is 0 Å². The Morgan fingerprint density at radius 3 is 2.08 bits per heavy atom. The zero-order valence-electron chi connectivity index (χ0n) is 20.2. The Kier molecular flexibility index (Phi) is 7.40. The number of carbonyl (C=O) groups is 1. The molecule has 3 aromatic rings. The number of ketones is 1. The molecular weight excluding hydrogens is 467 g/mol. The Morgan fingerprint density at radius 1 is 0.861 bits per heavy atom. The normalized spacial score (nSPS) is 15.8. The predicted octanol–water partition coefficient (Wildman–Crippen LogP) is 3.74. The van der Waals surface area contributed by atoms with Crippen molar-refractivity contribution in [3.05, 3.63) is 92.8 Å². The number of methoxy groups -OCH3 is 3. The SMILES string of the molecule is COc1cc(C2C(=Cc3ccc(F)cc3)C(=O)c3cc(CO)c(CO)c(OC)c32)cc(CO)c1OC. The summed E-state index contributed by atoms with van der Waals surface area (Å²) >= 11 is 0. The molecule has 1 aliphatic carbocycles. The molecule has 36 heavy (non-hydrogen) atoms. The van der Waals surface area contributed by atoms with Crippen LogP contribution in [0.15, 0.2) is 48.0 Å². The highest BCUT2D eigenvalue weighted by atomic mass is 19.1. The number of aliphatic hydroxyl groups excluding tert-OH is 3. The fraction of sp³-hybridized carbons (Fsp3) is 0.250. The molecule has 7 nitrogen and oxygen atoms in total. The minimum absolute atomic E-state index is 0.292. The van der Waals surface area contributed by atoms with E-state index in [1.165, 1.54) is 33.5 Å². The van der Waals surface area contributed by atoms with Crippen LogP contribution in [0.25, 0.3) is 6.08 Å². The molecule has 0 spiro atoms. The number of fused-ring (bicyclic) bond motifs is 1. The molecule has 3 aromatic carbocycles. The maximum Gasteiger partial charge on any atom is 0.190 e. The van der Waals surface area contributed by atoms with Gasteiger partial charge in [0, 0.05) is 33.7 Å². The molecule has 0 saturated carbocycles. The molecule has 0 amide bonds. The number of aliphatic hydroxyl groups is 3. The van der Waals surface area contributed by atoms with Crippen molar-refractivity contribution in [1.29, 1.82) is 0 Å². The molecule has 0 radical (unpaired) electrons. The number of Topliss-reactive ketones (excluding diaryl/α,β-unsaturated/α-hetero) is 1. The van der Waals surface area contributed by atoms with Gasteiger partial charge in [-0.05, 0) is 53.1 Å². The molecule has 0 heterocycles. The zero-order chi connectivity index (χ0) is 26.0. The van der Waals surface area contributed by atoms with Gasteiger partial charge in [-0.1, -0.05) is 12.1 Å². The van der Waals surface area contributed by atoms with E-state index in [0.29, 0.717) is 61.8 Å². The van der Waals surface area contributed by atoms with Crippen LogP contribution in [0, 0.1) is 5.82 Å². The molecule has 8 heteroatoms. The quantitative estimate of drug-likeness (QED) is 0.410. The van der Waals surface area contributed by atoms with Gasteiger partial charge in [-0.15, -0.1) is 0 Å². The van der Waals surface area contributed by atoms with E-state index in [-0.39, 0.29) is 19.0 Å². The first kappa shape index (κ1) is 25.4. The van der Waals surface area contributed by atoms with Crippen molar-refractivity contribution in [3.63, 3.8) is 0 Å². The Hall–Kier alpha value is -3.72. The van der Waals surface area contributed by atoms with Gasteiger partial charge in [0.15, 0.2) is 17.3 Å². The smallest absolute Gasteiger partial charge is 0.190 e. The fourth-order valence-electron chi connectivity index (χ4n) is 4.82. The van der Waals surface area contributed by atoms with Gasteiger partial charge in [-0.3, -0.25) is 4.79 Å². The third-order valence-corrected chi connectivity index (χ3v) is 6.43. The van der Waals surface area contributed by atoms with Crippen LogP contribution in [0.5, 0.6) is 17.2 Å².